The monoisotopic (exact) mass is 490 g/mol. The van der Waals surface area contributed by atoms with Gasteiger partial charge in [0.1, 0.15) is 5.75 Å². The number of nitrogens with zero attached hydrogens (tertiary/aromatic N) is 3. The number of rotatable bonds is 8. The number of benzene rings is 4. The average Bonchev–Trinajstić information content (AvgIpc) is 3.05. The second kappa shape index (κ2) is 11.1. The summed E-state index contributed by atoms with van der Waals surface area (Å²) in [5.74, 6) is 0.803. The Labute approximate surface area is 217 Å². The second-order valence-electron chi connectivity index (χ2n) is 8.92. The van der Waals surface area contributed by atoms with E-state index in [1.807, 2.05) is 77.7 Å². The maximum absolute atomic E-state index is 13.8. The van der Waals surface area contributed by atoms with E-state index in [-0.39, 0.29) is 6.03 Å². The number of carbonyl (C=O) groups is 1. The molecule has 0 saturated heterocycles. The van der Waals surface area contributed by atoms with Gasteiger partial charge in [0, 0.05) is 12.1 Å². The number of carbonyl (C=O) groups excluding carboxylic acids is 1. The molecule has 6 heteroatoms. The van der Waals surface area contributed by atoms with Gasteiger partial charge in [-0.05, 0) is 65.2 Å². The van der Waals surface area contributed by atoms with Crippen LogP contribution in [0.1, 0.15) is 23.1 Å². The molecule has 0 bridgehead atoms. The van der Waals surface area contributed by atoms with Gasteiger partial charge in [-0.15, -0.1) is 0 Å². The molecule has 1 aliphatic rings. The van der Waals surface area contributed by atoms with Gasteiger partial charge in [-0.3, -0.25) is 4.90 Å². The summed E-state index contributed by atoms with van der Waals surface area (Å²) in [6.45, 7) is 1.36. The summed E-state index contributed by atoms with van der Waals surface area (Å²) in [6, 6.07) is 30.2. The molecule has 0 unspecified atom stereocenters. The van der Waals surface area contributed by atoms with Crippen LogP contribution in [-0.4, -0.2) is 37.0 Å². The maximum atomic E-state index is 13.8. The van der Waals surface area contributed by atoms with Crippen LogP contribution in [0.2, 0.25) is 0 Å². The topological polar surface area (TPSA) is 71.2 Å². The Morgan fingerprint density at radius 1 is 0.892 bits per heavy atom. The van der Waals surface area contributed by atoms with Crippen molar-refractivity contribution in [3.05, 3.63) is 114 Å². The third-order valence-corrected chi connectivity index (χ3v) is 6.43. The molecule has 0 aliphatic carbocycles. The van der Waals surface area contributed by atoms with Crippen molar-refractivity contribution in [2.75, 3.05) is 25.1 Å². The molecule has 2 N–H and O–H groups in total. The number of fused-ring (bicyclic) bond motifs is 2. The number of hydrazone groups is 1. The minimum Gasteiger partial charge on any atom is -0.497 e. The smallest absolute Gasteiger partial charge is 0.345 e. The molecule has 2 amide bonds. The van der Waals surface area contributed by atoms with Crippen LogP contribution in [0.3, 0.4) is 0 Å². The number of para-hydroxylation sites is 1. The molecule has 1 aliphatic heterocycles. The fourth-order valence-corrected chi connectivity index (χ4v) is 4.47. The van der Waals surface area contributed by atoms with Gasteiger partial charge in [-0.1, -0.05) is 72.8 Å². The van der Waals surface area contributed by atoms with E-state index in [0.29, 0.717) is 26.1 Å². The van der Waals surface area contributed by atoms with Crippen molar-refractivity contribution in [2.24, 2.45) is 10.8 Å². The third kappa shape index (κ3) is 5.39. The summed E-state index contributed by atoms with van der Waals surface area (Å²) in [4.78, 5) is 15.7. The van der Waals surface area contributed by atoms with Gasteiger partial charge in [-0.25, -0.2) is 9.80 Å². The van der Waals surface area contributed by atoms with Gasteiger partial charge in [0.2, 0.25) is 0 Å². The molecule has 1 heterocycles. The number of ether oxygens (including phenoxy) is 1. The fourth-order valence-electron chi connectivity index (χ4n) is 4.47. The highest BCUT2D eigenvalue weighted by molar-refractivity contribution is 6.17. The molecule has 0 atom stereocenters. The van der Waals surface area contributed by atoms with E-state index < -0.39 is 0 Å². The van der Waals surface area contributed by atoms with E-state index in [2.05, 4.69) is 30.3 Å². The van der Waals surface area contributed by atoms with Crippen molar-refractivity contribution >= 4 is 34.3 Å². The summed E-state index contributed by atoms with van der Waals surface area (Å²) in [5, 5.41) is 8.68. The summed E-state index contributed by atoms with van der Waals surface area (Å²) < 4.78 is 5.27. The normalized spacial score (nSPS) is 13.6. The number of urea groups is 1. The van der Waals surface area contributed by atoms with Crippen LogP contribution in [0.5, 0.6) is 5.75 Å². The first kappa shape index (κ1) is 24.3. The van der Waals surface area contributed by atoms with Crippen molar-refractivity contribution < 1.29 is 9.53 Å². The van der Waals surface area contributed by atoms with Gasteiger partial charge in [-0.2, -0.15) is 5.10 Å². The highest BCUT2D eigenvalue weighted by atomic mass is 16.5. The zero-order valence-corrected chi connectivity index (χ0v) is 20.9. The molecule has 4 aromatic rings. The predicted molar refractivity (Wildman–Crippen MR) is 151 cm³/mol. The van der Waals surface area contributed by atoms with Crippen molar-refractivity contribution in [1.29, 1.82) is 0 Å². The summed E-state index contributed by atoms with van der Waals surface area (Å²) in [7, 11) is 1.65. The minimum absolute atomic E-state index is 0.165. The lowest BCUT2D eigenvalue weighted by Crippen LogP contribution is -2.40. The Morgan fingerprint density at radius 2 is 1.65 bits per heavy atom. The highest BCUT2D eigenvalue weighted by Crippen LogP contribution is 2.29. The summed E-state index contributed by atoms with van der Waals surface area (Å²) in [5.41, 5.74) is 10.3. The number of amides is 2. The quantitative estimate of drug-likeness (QED) is 0.326. The Hall–Kier alpha value is -4.42. The minimum atomic E-state index is -0.165. The highest BCUT2D eigenvalue weighted by Gasteiger charge is 2.29. The predicted octanol–water partition coefficient (Wildman–Crippen LogP) is 6.06. The summed E-state index contributed by atoms with van der Waals surface area (Å²) in [6.07, 6.45) is 4.62. The zero-order chi connectivity index (χ0) is 25.6. The van der Waals surface area contributed by atoms with Gasteiger partial charge in [0.25, 0.3) is 0 Å². The van der Waals surface area contributed by atoms with E-state index in [1.54, 1.807) is 12.1 Å². The first-order chi connectivity index (χ1) is 18.2. The molecule has 6 nitrogen and oxygen atoms in total. The molecule has 0 fully saturated rings. The molecular weight excluding hydrogens is 460 g/mol. The Bertz CT molecular complexity index is 1460. The van der Waals surface area contributed by atoms with Crippen molar-refractivity contribution in [1.82, 2.24) is 5.01 Å². The summed E-state index contributed by atoms with van der Waals surface area (Å²) >= 11 is 0. The average molecular weight is 491 g/mol. The van der Waals surface area contributed by atoms with E-state index in [1.165, 1.54) is 5.39 Å². The van der Waals surface area contributed by atoms with Crippen molar-refractivity contribution in [2.45, 2.75) is 13.0 Å². The van der Waals surface area contributed by atoms with E-state index >= 15 is 0 Å². The number of methoxy groups -OCH3 is 1. The van der Waals surface area contributed by atoms with Gasteiger partial charge in [0.05, 0.1) is 25.1 Å². The zero-order valence-electron chi connectivity index (χ0n) is 20.9. The second-order valence-corrected chi connectivity index (χ2v) is 8.92. The number of hydrogen-bond acceptors (Lipinski definition) is 4. The molecule has 0 spiro atoms. The van der Waals surface area contributed by atoms with Crippen LogP contribution >= 0.6 is 0 Å². The molecule has 186 valence electrons. The van der Waals surface area contributed by atoms with Crippen LogP contribution in [0.25, 0.3) is 16.8 Å². The first-order valence-corrected chi connectivity index (χ1v) is 12.4. The molecular formula is C31H30N4O2. The fraction of sp³-hybridized carbons (Fsp3) is 0.161. The number of allylic oxidation sites excluding steroid dienone is 1. The Morgan fingerprint density at radius 3 is 2.43 bits per heavy atom. The largest absolute Gasteiger partial charge is 0.497 e. The van der Waals surface area contributed by atoms with Crippen LogP contribution in [0.15, 0.2) is 102 Å². The third-order valence-electron chi connectivity index (χ3n) is 6.43. The first-order valence-electron chi connectivity index (χ1n) is 12.4. The number of anilines is 1. The molecule has 4 aromatic carbocycles. The van der Waals surface area contributed by atoms with E-state index in [9.17, 15) is 4.79 Å². The SMILES string of the molecule is COc1ccc(C=CC2=NN(CCCN)C(=O)N(Cc3ccc4ccccc4c3)c3ccccc32)cc1. The number of nitrogens with two attached hydrogens (primary N) is 1. The van der Waals surface area contributed by atoms with Gasteiger partial charge in [0.15, 0.2) is 0 Å². The molecule has 0 radical (unpaired) electrons. The maximum Gasteiger partial charge on any atom is 0.345 e. The lowest BCUT2D eigenvalue weighted by molar-refractivity contribution is 0.206. The van der Waals surface area contributed by atoms with Gasteiger partial charge < -0.3 is 10.5 Å². The lowest BCUT2D eigenvalue weighted by atomic mass is 10.0. The molecule has 5 rings (SSSR count). The van der Waals surface area contributed by atoms with Crippen molar-refractivity contribution in [3.8, 4) is 5.75 Å². The molecule has 0 saturated carbocycles. The molecule has 37 heavy (non-hydrogen) atoms. The van der Waals surface area contributed by atoms with Crippen LogP contribution in [-0.2, 0) is 6.54 Å². The number of hydrogen-bond donors (Lipinski definition) is 1. The van der Waals surface area contributed by atoms with Crippen LogP contribution < -0.4 is 15.4 Å². The Kier molecular flexibility index (Phi) is 7.28. The van der Waals surface area contributed by atoms with Crippen LogP contribution in [0, 0.1) is 0 Å². The lowest BCUT2D eigenvalue weighted by Gasteiger charge is -2.26. The van der Waals surface area contributed by atoms with Crippen LogP contribution in [0.4, 0.5) is 10.5 Å². The van der Waals surface area contributed by atoms with E-state index in [0.717, 1.165) is 39.2 Å². The Balaban J connectivity index is 1.53. The molecule has 0 aromatic heterocycles. The standard InChI is InChI=1S/C31H30N4O2/c1-37-27-16-12-23(13-17-27)14-18-29-28-9-4-5-10-30(28)34(31(36)35(33-29)20-6-19-32)22-24-11-15-25-7-2-3-8-26(25)21-24/h2-5,7-18,21H,6,19-20,22,32H2,1H3. The van der Waals surface area contributed by atoms with Crippen molar-refractivity contribution in [3.63, 3.8) is 0 Å². The van der Waals surface area contributed by atoms with E-state index in [4.69, 9.17) is 15.6 Å². The van der Waals surface area contributed by atoms with Gasteiger partial charge >= 0.3 is 6.03 Å².